The van der Waals surface area contributed by atoms with Crippen molar-refractivity contribution in [3.63, 3.8) is 0 Å². The number of ether oxygens (including phenoxy) is 1. The largest absolute Gasteiger partial charge is 0.493 e. The minimum Gasteiger partial charge on any atom is -0.493 e. The fourth-order valence-electron chi connectivity index (χ4n) is 1.60. The fraction of sp³-hybridized carbons (Fsp3) is 0.385. The summed E-state index contributed by atoms with van der Waals surface area (Å²) >= 11 is 0. The van der Waals surface area contributed by atoms with Crippen LogP contribution in [0.3, 0.4) is 0 Å². The maximum absolute atomic E-state index is 5.54. The highest BCUT2D eigenvalue weighted by atomic mass is 16.5. The number of para-hydroxylation sites is 1. The lowest BCUT2D eigenvalue weighted by molar-refractivity contribution is 0.339. The van der Waals surface area contributed by atoms with Crippen molar-refractivity contribution >= 4 is 0 Å². The van der Waals surface area contributed by atoms with Gasteiger partial charge in [-0.15, -0.1) is 0 Å². The van der Waals surface area contributed by atoms with Crippen molar-refractivity contribution in [2.75, 3.05) is 13.2 Å². The van der Waals surface area contributed by atoms with E-state index in [0.29, 0.717) is 24.9 Å². The van der Waals surface area contributed by atoms with E-state index < -0.39 is 0 Å². The molecule has 0 saturated carbocycles. The molecular formula is C13H17N3O2. The number of nitrogens with zero attached hydrogens (tertiary/aromatic N) is 2. The maximum atomic E-state index is 5.54. The Bertz CT molecular complexity index is 496. The topological polar surface area (TPSA) is 60.2 Å². The van der Waals surface area contributed by atoms with Crippen LogP contribution in [0, 0.1) is 0 Å². The second-order valence-electron chi connectivity index (χ2n) is 3.73. The van der Waals surface area contributed by atoms with Crippen molar-refractivity contribution in [1.29, 1.82) is 0 Å². The van der Waals surface area contributed by atoms with Gasteiger partial charge in [-0.2, -0.15) is 4.98 Å². The van der Waals surface area contributed by atoms with Gasteiger partial charge in [0, 0.05) is 0 Å². The van der Waals surface area contributed by atoms with Gasteiger partial charge in [-0.05, 0) is 25.6 Å². The lowest BCUT2D eigenvalue weighted by atomic mass is 10.2. The second-order valence-corrected chi connectivity index (χ2v) is 3.73. The quantitative estimate of drug-likeness (QED) is 0.848. The zero-order valence-corrected chi connectivity index (χ0v) is 10.6. The third-order valence-electron chi connectivity index (χ3n) is 2.42. The van der Waals surface area contributed by atoms with Gasteiger partial charge in [0.05, 0.1) is 18.7 Å². The zero-order valence-electron chi connectivity index (χ0n) is 10.6. The van der Waals surface area contributed by atoms with Gasteiger partial charge in [-0.3, -0.25) is 0 Å². The van der Waals surface area contributed by atoms with Crippen LogP contribution in [0.5, 0.6) is 5.75 Å². The number of benzene rings is 1. The predicted molar refractivity (Wildman–Crippen MR) is 68.3 cm³/mol. The van der Waals surface area contributed by atoms with Gasteiger partial charge in [0.25, 0.3) is 5.89 Å². The molecule has 0 bridgehead atoms. The van der Waals surface area contributed by atoms with Crippen molar-refractivity contribution < 1.29 is 9.26 Å². The van der Waals surface area contributed by atoms with Crippen LogP contribution in [0.25, 0.3) is 11.5 Å². The van der Waals surface area contributed by atoms with Crippen LogP contribution in [0.15, 0.2) is 28.8 Å². The Morgan fingerprint density at radius 1 is 1.28 bits per heavy atom. The highest BCUT2D eigenvalue weighted by Gasteiger charge is 2.12. The molecule has 1 aromatic heterocycles. The van der Waals surface area contributed by atoms with Crippen LogP contribution < -0.4 is 10.1 Å². The normalized spacial score (nSPS) is 10.6. The van der Waals surface area contributed by atoms with Gasteiger partial charge in [-0.1, -0.05) is 24.2 Å². The van der Waals surface area contributed by atoms with E-state index in [4.69, 9.17) is 9.26 Å². The Hall–Kier alpha value is -1.88. The highest BCUT2D eigenvalue weighted by Crippen LogP contribution is 2.28. The maximum Gasteiger partial charge on any atom is 0.261 e. The van der Waals surface area contributed by atoms with E-state index in [1.54, 1.807) is 0 Å². The molecule has 1 N–H and O–H groups in total. The van der Waals surface area contributed by atoms with Gasteiger partial charge < -0.3 is 14.6 Å². The van der Waals surface area contributed by atoms with Crippen molar-refractivity contribution in [2.45, 2.75) is 20.4 Å². The summed E-state index contributed by atoms with van der Waals surface area (Å²) in [5.41, 5.74) is 0.828. The summed E-state index contributed by atoms with van der Waals surface area (Å²) < 4.78 is 10.8. The zero-order chi connectivity index (χ0) is 12.8. The molecule has 96 valence electrons. The molecule has 5 heteroatoms. The average Bonchev–Trinajstić information content (AvgIpc) is 2.86. The standard InChI is InChI=1S/C13H17N3O2/c1-3-14-9-12-15-13(18-16-12)10-7-5-6-8-11(10)17-4-2/h5-8,14H,3-4,9H2,1-2H3. The molecule has 0 amide bonds. The Labute approximate surface area is 106 Å². The monoisotopic (exact) mass is 247 g/mol. The van der Waals surface area contributed by atoms with E-state index in [-0.39, 0.29) is 0 Å². The van der Waals surface area contributed by atoms with Gasteiger partial charge in [0.2, 0.25) is 0 Å². The summed E-state index contributed by atoms with van der Waals surface area (Å²) in [6.45, 7) is 6.07. The Balaban J connectivity index is 2.22. The molecule has 0 aliphatic rings. The summed E-state index contributed by atoms with van der Waals surface area (Å²) in [4.78, 5) is 4.34. The minimum absolute atomic E-state index is 0.493. The molecule has 5 nitrogen and oxygen atoms in total. The molecule has 0 aliphatic heterocycles. The van der Waals surface area contributed by atoms with E-state index >= 15 is 0 Å². The van der Waals surface area contributed by atoms with Crippen LogP contribution in [-0.4, -0.2) is 23.3 Å². The average molecular weight is 247 g/mol. The molecule has 2 rings (SSSR count). The Morgan fingerprint density at radius 2 is 2.11 bits per heavy atom. The molecule has 0 aliphatic carbocycles. The van der Waals surface area contributed by atoms with E-state index in [1.807, 2.05) is 38.1 Å². The van der Waals surface area contributed by atoms with Gasteiger partial charge in [0.1, 0.15) is 5.75 Å². The number of rotatable bonds is 6. The Kier molecular flexibility index (Phi) is 4.30. The van der Waals surface area contributed by atoms with Crippen molar-refractivity contribution in [2.24, 2.45) is 0 Å². The molecule has 0 radical (unpaired) electrons. The molecule has 2 aromatic rings. The summed E-state index contributed by atoms with van der Waals surface area (Å²) in [7, 11) is 0. The fourth-order valence-corrected chi connectivity index (χ4v) is 1.60. The number of hydrogen-bond donors (Lipinski definition) is 1. The van der Waals surface area contributed by atoms with Crippen molar-refractivity contribution in [3.8, 4) is 17.2 Å². The lowest BCUT2D eigenvalue weighted by Crippen LogP contribution is -2.12. The molecule has 0 unspecified atom stereocenters. The molecule has 1 aromatic carbocycles. The predicted octanol–water partition coefficient (Wildman–Crippen LogP) is 2.24. The first kappa shape index (κ1) is 12.6. The molecule has 0 fully saturated rings. The second kappa shape index (κ2) is 6.16. The molecule has 18 heavy (non-hydrogen) atoms. The van der Waals surface area contributed by atoms with Crippen LogP contribution in [0.2, 0.25) is 0 Å². The minimum atomic E-state index is 0.493. The van der Waals surface area contributed by atoms with Crippen molar-refractivity contribution in [3.05, 3.63) is 30.1 Å². The summed E-state index contributed by atoms with van der Waals surface area (Å²) in [6.07, 6.45) is 0. The third-order valence-corrected chi connectivity index (χ3v) is 2.42. The molecule has 0 atom stereocenters. The van der Waals surface area contributed by atoms with Crippen molar-refractivity contribution in [1.82, 2.24) is 15.5 Å². The Morgan fingerprint density at radius 3 is 2.89 bits per heavy atom. The summed E-state index contributed by atoms with van der Waals surface area (Å²) in [5, 5.41) is 7.08. The highest BCUT2D eigenvalue weighted by molar-refractivity contribution is 5.62. The molecular weight excluding hydrogens is 230 g/mol. The van der Waals surface area contributed by atoms with Gasteiger partial charge in [-0.25, -0.2) is 0 Å². The third kappa shape index (κ3) is 2.87. The SMILES string of the molecule is CCNCc1noc(-c2ccccc2OCC)n1. The lowest BCUT2D eigenvalue weighted by Gasteiger charge is -2.05. The first-order valence-corrected chi connectivity index (χ1v) is 6.10. The molecule has 0 saturated heterocycles. The molecule has 0 spiro atoms. The van der Waals surface area contributed by atoms with Gasteiger partial charge in [0.15, 0.2) is 5.82 Å². The summed E-state index contributed by atoms with van der Waals surface area (Å²) in [5.74, 6) is 1.91. The van der Waals surface area contributed by atoms with Crippen LogP contribution in [0.4, 0.5) is 0 Å². The summed E-state index contributed by atoms with van der Waals surface area (Å²) in [6, 6.07) is 7.65. The van der Waals surface area contributed by atoms with E-state index in [0.717, 1.165) is 17.9 Å². The van der Waals surface area contributed by atoms with E-state index in [9.17, 15) is 0 Å². The van der Waals surface area contributed by atoms with Crippen LogP contribution in [0.1, 0.15) is 19.7 Å². The van der Waals surface area contributed by atoms with E-state index in [2.05, 4.69) is 15.5 Å². The smallest absolute Gasteiger partial charge is 0.261 e. The number of hydrogen-bond acceptors (Lipinski definition) is 5. The van der Waals surface area contributed by atoms with Gasteiger partial charge >= 0.3 is 0 Å². The number of aromatic nitrogens is 2. The first-order chi connectivity index (χ1) is 8.85. The number of nitrogens with one attached hydrogen (secondary N) is 1. The van der Waals surface area contributed by atoms with E-state index in [1.165, 1.54) is 0 Å². The van der Waals surface area contributed by atoms with Crippen LogP contribution >= 0.6 is 0 Å². The molecule has 1 heterocycles. The van der Waals surface area contributed by atoms with Crippen LogP contribution in [-0.2, 0) is 6.54 Å². The first-order valence-electron chi connectivity index (χ1n) is 6.10.